The maximum absolute atomic E-state index is 12.4. The van der Waals surface area contributed by atoms with E-state index >= 15 is 0 Å². The van der Waals surface area contributed by atoms with Crippen molar-refractivity contribution >= 4 is 11.9 Å². The van der Waals surface area contributed by atoms with E-state index in [9.17, 15) is 9.59 Å². The van der Waals surface area contributed by atoms with Crippen molar-refractivity contribution in [2.24, 2.45) is 0 Å². The summed E-state index contributed by atoms with van der Waals surface area (Å²) >= 11 is 0. The minimum Gasteiger partial charge on any atom is -0.477 e. The number of likely N-dealkylation sites (tertiary alicyclic amines) is 1. The lowest BCUT2D eigenvalue weighted by molar-refractivity contribution is 0.00176. The van der Waals surface area contributed by atoms with Crippen LogP contribution in [0.5, 0.6) is 0 Å². The van der Waals surface area contributed by atoms with Gasteiger partial charge in [0.15, 0.2) is 0 Å². The quantitative estimate of drug-likeness (QED) is 0.764. The Balaban J connectivity index is 1.84. The zero-order valence-electron chi connectivity index (χ0n) is 13.2. The Morgan fingerprint density at radius 2 is 1.96 bits per heavy atom. The number of aromatic nitrogens is 1. The summed E-state index contributed by atoms with van der Waals surface area (Å²) < 4.78 is 10.7. The van der Waals surface area contributed by atoms with E-state index in [0.29, 0.717) is 26.3 Å². The van der Waals surface area contributed by atoms with Gasteiger partial charge in [-0.05, 0) is 31.4 Å². The van der Waals surface area contributed by atoms with E-state index in [2.05, 4.69) is 4.98 Å². The van der Waals surface area contributed by atoms with Crippen molar-refractivity contribution in [1.82, 2.24) is 9.88 Å². The highest BCUT2D eigenvalue weighted by Gasteiger charge is 2.25. The molecule has 0 saturated carbocycles. The van der Waals surface area contributed by atoms with E-state index in [1.165, 1.54) is 12.1 Å². The van der Waals surface area contributed by atoms with Crippen molar-refractivity contribution < 1.29 is 24.2 Å². The molecule has 126 valence electrons. The maximum atomic E-state index is 12.4. The summed E-state index contributed by atoms with van der Waals surface area (Å²) in [7, 11) is 1.66. The molecule has 0 radical (unpaired) electrons. The Labute approximate surface area is 135 Å². The van der Waals surface area contributed by atoms with Crippen LogP contribution in [0.2, 0.25) is 0 Å². The molecule has 1 fully saturated rings. The fraction of sp³-hybridized carbons (Fsp3) is 0.562. The van der Waals surface area contributed by atoms with Crippen molar-refractivity contribution in [1.29, 1.82) is 0 Å². The molecule has 1 N–H and O–H groups in total. The standard InChI is InChI=1S/C16H22N2O5/c1-22-10-3-11-23-12-6-8-18(9-7-12)15(19)13-4-2-5-14(17-13)16(20)21/h2,4-5,12H,3,6-11H2,1H3,(H,20,21). The van der Waals surface area contributed by atoms with Gasteiger partial charge < -0.3 is 19.5 Å². The molecule has 0 spiro atoms. The highest BCUT2D eigenvalue weighted by atomic mass is 16.5. The molecular formula is C16H22N2O5. The van der Waals surface area contributed by atoms with E-state index in [4.69, 9.17) is 14.6 Å². The van der Waals surface area contributed by atoms with Gasteiger partial charge in [0.1, 0.15) is 11.4 Å². The van der Waals surface area contributed by atoms with E-state index in [0.717, 1.165) is 19.3 Å². The van der Waals surface area contributed by atoms with Crippen LogP contribution in [-0.4, -0.2) is 66.4 Å². The summed E-state index contributed by atoms with van der Waals surface area (Å²) in [5, 5.41) is 8.94. The van der Waals surface area contributed by atoms with Crippen LogP contribution in [-0.2, 0) is 9.47 Å². The van der Waals surface area contributed by atoms with E-state index in [1.807, 2.05) is 0 Å². The number of pyridine rings is 1. The fourth-order valence-electron chi connectivity index (χ4n) is 2.51. The Kier molecular flexibility index (Phi) is 6.49. The molecule has 0 atom stereocenters. The third-order valence-corrected chi connectivity index (χ3v) is 3.76. The first-order valence-corrected chi connectivity index (χ1v) is 7.72. The van der Waals surface area contributed by atoms with Crippen LogP contribution < -0.4 is 0 Å². The molecule has 23 heavy (non-hydrogen) atoms. The number of hydrogen-bond donors (Lipinski definition) is 1. The van der Waals surface area contributed by atoms with Gasteiger partial charge in [-0.2, -0.15) is 0 Å². The smallest absolute Gasteiger partial charge is 0.354 e. The monoisotopic (exact) mass is 322 g/mol. The first-order chi connectivity index (χ1) is 11.1. The molecule has 7 heteroatoms. The summed E-state index contributed by atoms with van der Waals surface area (Å²) in [5.74, 6) is -1.37. The van der Waals surface area contributed by atoms with Gasteiger partial charge in [0.25, 0.3) is 5.91 Å². The summed E-state index contributed by atoms with van der Waals surface area (Å²) in [6.45, 7) is 2.52. The number of amides is 1. The van der Waals surface area contributed by atoms with Crippen molar-refractivity contribution in [3.8, 4) is 0 Å². The molecule has 0 aliphatic carbocycles. The number of carbonyl (C=O) groups excluding carboxylic acids is 1. The predicted octanol–water partition coefficient (Wildman–Crippen LogP) is 1.44. The van der Waals surface area contributed by atoms with Crippen LogP contribution in [0.1, 0.15) is 40.2 Å². The van der Waals surface area contributed by atoms with Crippen LogP contribution in [0.15, 0.2) is 18.2 Å². The number of hydrogen-bond acceptors (Lipinski definition) is 5. The molecule has 7 nitrogen and oxygen atoms in total. The number of nitrogens with zero attached hydrogens (tertiary/aromatic N) is 2. The van der Waals surface area contributed by atoms with Gasteiger partial charge in [0, 0.05) is 33.4 Å². The van der Waals surface area contributed by atoms with Gasteiger partial charge in [-0.15, -0.1) is 0 Å². The molecule has 1 amide bonds. The molecule has 1 aliphatic rings. The van der Waals surface area contributed by atoms with Gasteiger partial charge in [-0.25, -0.2) is 9.78 Å². The summed E-state index contributed by atoms with van der Waals surface area (Å²) in [6.07, 6.45) is 2.57. The number of carboxylic acids is 1. The molecule has 2 heterocycles. The third-order valence-electron chi connectivity index (χ3n) is 3.76. The second-order valence-electron chi connectivity index (χ2n) is 5.42. The third kappa shape index (κ3) is 5.01. The highest BCUT2D eigenvalue weighted by molar-refractivity contribution is 5.94. The van der Waals surface area contributed by atoms with Crippen LogP contribution in [0, 0.1) is 0 Å². The van der Waals surface area contributed by atoms with E-state index in [1.54, 1.807) is 18.1 Å². The normalized spacial score (nSPS) is 15.6. The van der Waals surface area contributed by atoms with Gasteiger partial charge in [-0.3, -0.25) is 4.79 Å². The van der Waals surface area contributed by atoms with Crippen molar-refractivity contribution in [3.05, 3.63) is 29.6 Å². The summed E-state index contributed by atoms with van der Waals surface area (Å²) in [4.78, 5) is 28.9. The van der Waals surface area contributed by atoms with Gasteiger partial charge in [0.05, 0.1) is 6.10 Å². The molecule has 1 aliphatic heterocycles. The molecular weight excluding hydrogens is 300 g/mol. The van der Waals surface area contributed by atoms with Gasteiger partial charge in [0.2, 0.25) is 0 Å². The van der Waals surface area contributed by atoms with Crippen LogP contribution in [0.3, 0.4) is 0 Å². The lowest BCUT2D eigenvalue weighted by Crippen LogP contribution is -2.41. The average Bonchev–Trinajstić information content (AvgIpc) is 2.59. The molecule has 1 saturated heterocycles. The van der Waals surface area contributed by atoms with Crippen LogP contribution in [0.4, 0.5) is 0 Å². The Morgan fingerprint density at radius 1 is 1.26 bits per heavy atom. The molecule has 2 rings (SSSR count). The number of rotatable bonds is 7. The average molecular weight is 322 g/mol. The fourth-order valence-corrected chi connectivity index (χ4v) is 2.51. The number of aromatic carboxylic acids is 1. The SMILES string of the molecule is COCCCOC1CCN(C(=O)c2cccc(C(=O)O)n2)CC1. The van der Waals surface area contributed by atoms with Crippen molar-refractivity contribution in [2.75, 3.05) is 33.4 Å². The molecule has 0 bridgehead atoms. The van der Waals surface area contributed by atoms with Crippen molar-refractivity contribution in [2.45, 2.75) is 25.4 Å². The summed E-state index contributed by atoms with van der Waals surface area (Å²) in [6, 6.07) is 4.46. The molecule has 1 aromatic heterocycles. The molecule has 1 aromatic rings. The zero-order valence-corrected chi connectivity index (χ0v) is 13.2. The Morgan fingerprint density at radius 3 is 2.61 bits per heavy atom. The van der Waals surface area contributed by atoms with E-state index in [-0.39, 0.29) is 23.4 Å². The largest absolute Gasteiger partial charge is 0.477 e. The topological polar surface area (TPSA) is 89.0 Å². The molecule has 0 unspecified atom stereocenters. The predicted molar refractivity (Wildman–Crippen MR) is 82.6 cm³/mol. The number of piperidine rings is 1. The van der Waals surface area contributed by atoms with Crippen LogP contribution in [0.25, 0.3) is 0 Å². The number of carboxylic acid groups (broad SMARTS) is 1. The maximum Gasteiger partial charge on any atom is 0.354 e. The highest BCUT2D eigenvalue weighted by Crippen LogP contribution is 2.16. The zero-order chi connectivity index (χ0) is 16.7. The lowest BCUT2D eigenvalue weighted by Gasteiger charge is -2.31. The van der Waals surface area contributed by atoms with E-state index < -0.39 is 5.97 Å². The van der Waals surface area contributed by atoms with Crippen LogP contribution >= 0.6 is 0 Å². The Bertz CT molecular complexity index is 541. The first kappa shape index (κ1) is 17.4. The second-order valence-corrected chi connectivity index (χ2v) is 5.42. The minimum absolute atomic E-state index is 0.118. The summed E-state index contributed by atoms with van der Waals surface area (Å²) in [5.41, 5.74) is 0.0524. The number of methoxy groups -OCH3 is 1. The van der Waals surface area contributed by atoms with Gasteiger partial charge >= 0.3 is 5.97 Å². The Hall–Kier alpha value is -1.99. The molecule has 0 aromatic carbocycles. The second kappa shape index (κ2) is 8.59. The van der Waals surface area contributed by atoms with Crippen molar-refractivity contribution in [3.63, 3.8) is 0 Å². The lowest BCUT2D eigenvalue weighted by atomic mass is 10.1. The number of ether oxygens (including phenoxy) is 2. The minimum atomic E-state index is -1.14. The first-order valence-electron chi connectivity index (χ1n) is 7.72. The van der Waals surface area contributed by atoms with Gasteiger partial charge in [-0.1, -0.05) is 6.07 Å². The number of carbonyl (C=O) groups is 2.